The van der Waals surface area contributed by atoms with E-state index in [1.165, 1.54) is 0 Å². The fourth-order valence-corrected chi connectivity index (χ4v) is 4.60. The van der Waals surface area contributed by atoms with Crippen LogP contribution in [0.2, 0.25) is 0 Å². The zero-order valence-electron chi connectivity index (χ0n) is 24.1. The number of nitrogens with one attached hydrogen (secondary N) is 1. The van der Waals surface area contributed by atoms with Gasteiger partial charge < -0.3 is 24.1 Å². The van der Waals surface area contributed by atoms with E-state index in [9.17, 15) is 9.90 Å². The Morgan fingerprint density at radius 1 is 0.976 bits per heavy atom. The fraction of sp³-hybridized carbons (Fsp3) is 0.242. The van der Waals surface area contributed by atoms with Gasteiger partial charge in [-0.05, 0) is 58.4 Å². The summed E-state index contributed by atoms with van der Waals surface area (Å²) in [5.74, 6) is -0.203. The Balaban J connectivity index is 1.53. The lowest BCUT2D eigenvalue weighted by atomic mass is 9.92. The van der Waals surface area contributed by atoms with Gasteiger partial charge in [0.15, 0.2) is 0 Å². The molecule has 2 aromatic heterocycles. The summed E-state index contributed by atoms with van der Waals surface area (Å²) in [5.41, 5.74) is 4.56. The molecule has 0 saturated carbocycles. The van der Waals surface area contributed by atoms with Crippen molar-refractivity contribution in [2.75, 3.05) is 0 Å². The number of fused-ring (bicyclic) bond motifs is 1. The Morgan fingerprint density at radius 2 is 1.66 bits per heavy atom. The first-order valence-corrected chi connectivity index (χ1v) is 13.4. The Kier molecular flexibility index (Phi) is 7.17. The molecular formula is C33H34N4O4. The molecule has 0 unspecified atom stereocenters. The molecule has 0 fully saturated rings. The molecule has 0 radical (unpaired) electrons. The van der Waals surface area contributed by atoms with Crippen molar-refractivity contribution in [2.24, 2.45) is 12.0 Å². The van der Waals surface area contributed by atoms with Crippen molar-refractivity contribution >= 4 is 28.5 Å². The number of carbonyl (C=O) groups is 1. The number of imidazole rings is 1. The lowest BCUT2D eigenvalue weighted by molar-refractivity contribution is 0.0470. The van der Waals surface area contributed by atoms with Crippen LogP contribution in [0.1, 0.15) is 51.3 Å². The van der Waals surface area contributed by atoms with Crippen molar-refractivity contribution in [1.29, 1.82) is 0 Å². The highest BCUT2D eigenvalue weighted by Gasteiger charge is 2.27. The normalized spacial score (nSPS) is 12.5. The zero-order valence-corrected chi connectivity index (χ0v) is 24.1. The summed E-state index contributed by atoms with van der Waals surface area (Å²) in [6.07, 6.45) is 3.23. The van der Waals surface area contributed by atoms with E-state index in [0.29, 0.717) is 22.5 Å². The fourth-order valence-electron chi connectivity index (χ4n) is 4.60. The van der Waals surface area contributed by atoms with Gasteiger partial charge in [-0.25, -0.2) is 14.8 Å². The van der Waals surface area contributed by atoms with Crippen LogP contribution in [-0.2, 0) is 17.3 Å². The third-order valence-corrected chi connectivity index (χ3v) is 6.62. The van der Waals surface area contributed by atoms with Crippen LogP contribution < -0.4 is 5.32 Å². The van der Waals surface area contributed by atoms with E-state index in [2.05, 4.69) is 10.3 Å². The highest BCUT2D eigenvalue weighted by atomic mass is 16.6. The minimum absolute atomic E-state index is 0.203. The molecule has 8 nitrogen and oxygen atoms in total. The topological polar surface area (TPSA) is 102 Å². The maximum Gasteiger partial charge on any atom is 0.408 e. The van der Waals surface area contributed by atoms with Gasteiger partial charge in [-0.2, -0.15) is 0 Å². The zero-order chi connectivity index (χ0) is 29.4. The van der Waals surface area contributed by atoms with Crippen LogP contribution in [0.5, 0.6) is 5.95 Å². The third kappa shape index (κ3) is 6.17. The number of hydrogen-bond donors (Lipinski definition) is 2. The molecule has 41 heavy (non-hydrogen) atoms. The number of aryl methyl sites for hydroxylation is 1. The molecule has 0 aliphatic carbocycles. The summed E-state index contributed by atoms with van der Waals surface area (Å²) >= 11 is 0. The summed E-state index contributed by atoms with van der Waals surface area (Å²) < 4.78 is 13.0. The van der Waals surface area contributed by atoms with E-state index in [1.807, 2.05) is 125 Å². The molecule has 0 aliphatic heterocycles. The van der Waals surface area contributed by atoms with Gasteiger partial charge in [-0.1, -0.05) is 54.6 Å². The second kappa shape index (κ2) is 10.6. The first kappa shape index (κ1) is 27.7. The number of amides is 1. The Bertz CT molecular complexity index is 1720. The van der Waals surface area contributed by atoms with E-state index in [-0.39, 0.29) is 5.95 Å². The van der Waals surface area contributed by atoms with Crippen LogP contribution in [0.4, 0.5) is 10.5 Å². The van der Waals surface area contributed by atoms with Crippen molar-refractivity contribution in [3.05, 3.63) is 102 Å². The molecule has 210 valence electrons. The number of aliphatic imine (C=N–C) groups is 1. The number of rotatable bonds is 6. The number of aromatic nitrogens is 2. The Hall–Kier alpha value is -4.85. The predicted octanol–water partition coefficient (Wildman–Crippen LogP) is 7.47. The highest BCUT2D eigenvalue weighted by molar-refractivity contribution is 6.21. The highest BCUT2D eigenvalue weighted by Crippen LogP contribution is 2.35. The van der Waals surface area contributed by atoms with Crippen molar-refractivity contribution in [2.45, 2.75) is 45.8 Å². The number of hydrogen-bond acceptors (Lipinski definition) is 6. The van der Waals surface area contributed by atoms with Gasteiger partial charge in [0, 0.05) is 29.8 Å². The van der Waals surface area contributed by atoms with E-state index < -0.39 is 17.2 Å². The quantitative estimate of drug-likeness (QED) is 0.214. The third-order valence-electron chi connectivity index (χ3n) is 6.62. The van der Waals surface area contributed by atoms with Gasteiger partial charge in [0.2, 0.25) is 0 Å². The average molecular weight is 551 g/mol. The summed E-state index contributed by atoms with van der Waals surface area (Å²) in [7, 11) is 1.93. The first-order chi connectivity index (χ1) is 19.4. The number of aromatic hydroxyl groups is 1. The number of alkyl carbamates (subject to hydrolysis) is 1. The molecule has 8 heteroatoms. The predicted molar refractivity (Wildman–Crippen MR) is 161 cm³/mol. The smallest absolute Gasteiger partial charge is 0.408 e. The Morgan fingerprint density at radius 3 is 2.29 bits per heavy atom. The molecule has 3 aromatic carbocycles. The van der Waals surface area contributed by atoms with Gasteiger partial charge >= 0.3 is 6.09 Å². The van der Waals surface area contributed by atoms with Crippen LogP contribution in [0.15, 0.2) is 94.7 Å². The second-order valence-corrected chi connectivity index (χ2v) is 11.5. The molecule has 1 amide bonds. The number of nitrogens with zero attached hydrogens (tertiary/aromatic N) is 3. The van der Waals surface area contributed by atoms with Gasteiger partial charge in [0.05, 0.1) is 34.5 Å². The number of benzene rings is 3. The molecule has 2 N–H and O–H groups in total. The van der Waals surface area contributed by atoms with E-state index in [0.717, 1.165) is 27.8 Å². The van der Waals surface area contributed by atoms with Crippen LogP contribution in [0.3, 0.4) is 0 Å². The number of para-hydroxylation sites is 1. The lowest BCUT2D eigenvalue weighted by Crippen LogP contribution is -2.43. The first-order valence-electron chi connectivity index (χ1n) is 13.4. The number of carbonyl (C=O) groups excluding carboxylic acids is 1. The maximum absolute atomic E-state index is 12.5. The second-order valence-electron chi connectivity index (χ2n) is 11.5. The molecule has 0 bridgehead atoms. The molecule has 0 atom stereocenters. The molecule has 0 aliphatic rings. The summed E-state index contributed by atoms with van der Waals surface area (Å²) in [6, 6.07) is 23.0. The SMILES string of the molecule is Cn1cnc(-c2ccc(N=C(c3ccc(C(C)(C)NC(=O)OC(C)(C)C)cc3)c3c(O)oc4ccccc34)cc2)c1. The standard InChI is InChI=1S/C33H34N4O4/c1-32(2,3)41-31(39)36-33(4,5)23-15-11-22(12-16-23)29(28-25-9-7-8-10-27(25)40-30(28)38)35-24-17-13-21(14-18-24)26-19-37(6)20-34-26/h7-20,38H,1-6H3,(H,36,39). The Labute approximate surface area is 239 Å². The molecule has 0 saturated heterocycles. The largest absolute Gasteiger partial charge is 0.480 e. The summed E-state index contributed by atoms with van der Waals surface area (Å²) in [4.78, 5) is 21.9. The number of furan rings is 1. The van der Waals surface area contributed by atoms with Crippen LogP contribution in [-0.4, -0.2) is 32.1 Å². The van der Waals surface area contributed by atoms with Gasteiger partial charge in [0.1, 0.15) is 11.2 Å². The van der Waals surface area contributed by atoms with Gasteiger partial charge in [-0.15, -0.1) is 0 Å². The summed E-state index contributed by atoms with van der Waals surface area (Å²) in [5, 5.41) is 14.6. The van der Waals surface area contributed by atoms with E-state index in [1.54, 1.807) is 6.33 Å². The molecule has 2 heterocycles. The average Bonchev–Trinajstić information content (AvgIpc) is 3.48. The van der Waals surface area contributed by atoms with Crippen molar-refractivity contribution in [3.8, 4) is 17.2 Å². The van der Waals surface area contributed by atoms with Crippen molar-refractivity contribution in [1.82, 2.24) is 14.9 Å². The molecule has 5 aromatic rings. The van der Waals surface area contributed by atoms with Crippen molar-refractivity contribution in [3.63, 3.8) is 0 Å². The monoisotopic (exact) mass is 550 g/mol. The van der Waals surface area contributed by atoms with Crippen LogP contribution >= 0.6 is 0 Å². The van der Waals surface area contributed by atoms with Gasteiger partial charge in [-0.3, -0.25) is 0 Å². The molecule has 0 spiro atoms. The van der Waals surface area contributed by atoms with Crippen LogP contribution in [0.25, 0.3) is 22.2 Å². The van der Waals surface area contributed by atoms with Gasteiger partial charge in [0.25, 0.3) is 5.95 Å². The van der Waals surface area contributed by atoms with E-state index >= 15 is 0 Å². The minimum atomic E-state index is -0.691. The lowest BCUT2D eigenvalue weighted by Gasteiger charge is -2.29. The van der Waals surface area contributed by atoms with Crippen molar-refractivity contribution < 1.29 is 19.1 Å². The summed E-state index contributed by atoms with van der Waals surface area (Å²) in [6.45, 7) is 9.32. The van der Waals surface area contributed by atoms with E-state index in [4.69, 9.17) is 14.1 Å². The number of ether oxygens (including phenoxy) is 1. The van der Waals surface area contributed by atoms with Crippen LogP contribution in [0, 0.1) is 0 Å². The minimum Gasteiger partial charge on any atom is -0.480 e. The molecule has 5 rings (SSSR count). The maximum atomic E-state index is 12.5. The molecular weight excluding hydrogens is 516 g/mol.